The number of anilines is 1. The standard InChI is InChI=1S/C12H17N3O5/c1-14(2)12(18)8-3-4-11(15(19)20)10(5-8)13-9(6-16)7-17/h3-5,9,13,16-17H,6-7H2,1-2H3. The Morgan fingerprint density at radius 3 is 2.45 bits per heavy atom. The van der Waals surface area contributed by atoms with Crippen molar-refractivity contribution in [3.05, 3.63) is 33.9 Å². The summed E-state index contributed by atoms with van der Waals surface area (Å²) in [4.78, 5) is 23.5. The number of carbonyl (C=O) groups excluding carboxylic acids is 1. The van der Waals surface area contributed by atoms with E-state index in [4.69, 9.17) is 10.2 Å². The summed E-state index contributed by atoms with van der Waals surface area (Å²) in [5.41, 5.74) is 0.126. The summed E-state index contributed by atoms with van der Waals surface area (Å²) in [6.45, 7) is -0.779. The van der Waals surface area contributed by atoms with Crippen molar-refractivity contribution in [3.8, 4) is 0 Å². The smallest absolute Gasteiger partial charge is 0.292 e. The maximum absolute atomic E-state index is 11.8. The van der Waals surface area contributed by atoms with Gasteiger partial charge in [-0.25, -0.2) is 0 Å². The molecular formula is C12H17N3O5. The molecule has 0 aliphatic carbocycles. The molecule has 1 rings (SSSR count). The van der Waals surface area contributed by atoms with E-state index in [2.05, 4.69) is 5.32 Å². The third kappa shape index (κ3) is 3.65. The summed E-state index contributed by atoms with van der Waals surface area (Å²) in [5, 5.41) is 31.6. The highest BCUT2D eigenvalue weighted by Crippen LogP contribution is 2.26. The maximum atomic E-state index is 11.8. The quantitative estimate of drug-likeness (QED) is 0.502. The van der Waals surface area contributed by atoms with Crippen molar-refractivity contribution in [2.45, 2.75) is 6.04 Å². The predicted molar refractivity (Wildman–Crippen MR) is 72.7 cm³/mol. The van der Waals surface area contributed by atoms with Crippen molar-refractivity contribution in [1.29, 1.82) is 0 Å². The average Bonchev–Trinajstić information content (AvgIpc) is 2.43. The Hall–Kier alpha value is -2.19. The first kappa shape index (κ1) is 15.9. The summed E-state index contributed by atoms with van der Waals surface area (Å²) in [6, 6.07) is 3.17. The topological polar surface area (TPSA) is 116 Å². The zero-order valence-electron chi connectivity index (χ0n) is 11.2. The van der Waals surface area contributed by atoms with E-state index in [1.54, 1.807) is 14.1 Å². The van der Waals surface area contributed by atoms with E-state index < -0.39 is 11.0 Å². The van der Waals surface area contributed by atoms with Crippen LogP contribution in [0.3, 0.4) is 0 Å². The van der Waals surface area contributed by atoms with Crippen LogP contribution in [0.4, 0.5) is 11.4 Å². The number of aliphatic hydroxyl groups excluding tert-OH is 2. The molecule has 0 unspecified atom stereocenters. The Bertz CT molecular complexity index is 500. The summed E-state index contributed by atoms with van der Waals surface area (Å²) < 4.78 is 0. The van der Waals surface area contributed by atoms with Gasteiger partial charge in [0.05, 0.1) is 24.2 Å². The van der Waals surface area contributed by atoms with Gasteiger partial charge in [0.1, 0.15) is 5.69 Å². The summed E-state index contributed by atoms with van der Waals surface area (Å²) >= 11 is 0. The Labute approximate surface area is 115 Å². The lowest BCUT2D eigenvalue weighted by Gasteiger charge is -2.16. The minimum atomic E-state index is -0.738. The molecule has 8 nitrogen and oxygen atoms in total. The number of nitro groups is 1. The van der Waals surface area contributed by atoms with E-state index in [0.717, 1.165) is 0 Å². The van der Waals surface area contributed by atoms with Crippen LogP contribution < -0.4 is 5.32 Å². The van der Waals surface area contributed by atoms with Crippen LogP contribution in [0.2, 0.25) is 0 Å². The molecule has 0 fully saturated rings. The molecule has 0 bridgehead atoms. The number of benzene rings is 1. The number of nitrogens with one attached hydrogen (secondary N) is 1. The molecule has 0 aromatic heterocycles. The molecule has 1 aromatic rings. The Morgan fingerprint density at radius 1 is 1.40 bits per heavy atom. The highest BCUT2D eigenvalue weighted by molar-refractivity contribution is 5.95. The van der Waals surface area contributed by atoms with Gasteiger partial charge >= 0.3 is 0 Å². The summed E-state index contributed by atoms with van der Waals surface area (Å²) in [7, 11) is 3.14. The molecule has 0 atom stereocenters. The first-order chi connectivity index (χ1) is 9.40. The van der Waals surface area contributed by atoms with Gasteiger partial charge in [0.25, 0.3) is 11.6 Å². The number of carbonyl (C=O) groups is 1. The molecule has 0 saturated carbocycles. The Morgan fingerprint density at radius 2 is 2.00 bits per heavy atom. The van der Waals surface area contributed by atoms with Crippen molar-refractivity contribution >= 4 is 17.3 Å². The second-order valence-corrected chi connectivity index (χ2v) is 4.40. The van der Waals surface area contributed by atoms with Gasteiger partial charge < -0.3 is 20.4 Å². The van der Waals surface area contributed by atoms with E-state index >= 15 is 0 Å². The second-order valence-electron chi connectivity index (χ2n) is 4.40. The number of hydrogen-bond donors (Lipinski definition) is 3. The molecule has 110 valence electrons. The van der Waals surface area contributed by atoms with Gasteiger partial charge in [-0.05, 0) is 12.1 Å². The number of rotatable bonds is 6. The molecule has 0 spiro atoms. The van der Waals surface area contributed by atoms with Crippen molar-refractivity contribution in [2.75, 3.05) is 32.6 Å². The second kappa shape index (κ2) is 6.83. The molecule has 0 aliphatic heterocycles. The van der Waals surface area contributed by atoms with E-state index in [1.165, 1.54) is 23.1 Å². The van der Waals surface area contributed by atoms with Crippen LogP contribution in [0, 0.1) is 10.1 Å². The first-order valence-electron chi connectivity index (χ1n) is 5.89. The molecule has 0 heterocycles. The average molecular weight is 283 g/mol. The predicted octanol–water partition coefficient (Wildman–Crippen LogP) is 0.0617. The van der Waals surface area contributed by atoms with Crippen molar-refractivity contribution in [1.82, 2.24) is 4.90 Å². The molecule has 1 aromatic carbocycles. The fourth-order valence-electron chi connectivity index (χ4n) is 1.57. The van der Waals surface area contributed by atoms with E-state index in [0.29, 0.717) is 0 Å². The van der Waals surface area contributed by atoms with Crippen LogP contribution in [0.5, 0.6) is 0 Å². The van der Waals surface area contributed by atoms with Gasteiger partial charge in [-0.2, -0.15) is 0 Å². The lowest BCUT2D eigenvalue weighted by Crippen LogP contribution is -2.28. The van der Waals surface area contributed by atoms with Gasteiger partial charge in [-0.15, -0.1) is 0 Å². The minimum absolute atomic E-state index is 0.0794. The highest BCUT2D eigenvalue weighted by Gasteiger charge is 2.19. The zero-order chi connectivity index (χ0) is 15.3. The van der Waals surface area contributed by atoms with E-state index in [9.17, 15) is 14.9 Å². The van der Waals surface area contributed by atoms with Crippen LogP contribution in [0.15, 0.2) is 18.2 Å². The highest BCUT2D eigenvalue weighted by atomic mass is 16.6. The minimum Gasteiger partial charge on any atom is -0.394 e. The molecule has 8 heteroatoms. The SMILES string of the molecule is CN(C)C(=O)c1ccc([N+](=O)[O-])c(NC(CO)CO)c1. The van der Waals surface area contributed by atoms with Crippen LogP contribution in [0.25, 0.3) is 0 Å². The third-order valence-electron chi connectivity index (χ3n) is 2.65. The molecule has 0 aliphatic rings. The number of amides is 1. The van der Waals surface area contributed by atoms with E-state index in [1.807, 2.05) is 0 Å². The Balaban J connectivity index is 3.18. The zero-order valence-corrected chi connectivity index (χ0v) is 11.2. The maximum Gasteiger partial charge on any atom is 0.292 e. The van der Waals surface area contributed by atoms with Gasteiger partial charge in [0.15, 0.2) is 0 Å². The molecular weight excluding hydrogens is 266 g/mol. The van der Waals surface area contributed by atoms with Crippen molar-refractivity contribution in [3.63, 3.8) is 0 Å². The Kier molecular flexibility index (Phi) is 5.42. The van der Waals surface area contributed by atoms with Crippen LogP contribution >= 0.6 is 0 Å². The monoisotopic (exact) mass is 283 g/mol. The fraction of sp³-hybridized carbons (Fsp3) is 0.417. The fourth-order valence-corrected chi connectivity index (χ4v) is 1.57. The third-order valence-corrected chi connectivity index (χ3v) is 2.65. The molecule has 0 saturated heterocycles. The number of aliphatic hydroxyl groups is 2. The number of nitro benzene ring substituents is 1. The van der Waals surface area contributed by atoms with Crippen molar-refractivity contribution in [2.24, 2.45) is 0 Å². The largest absolute Gasteiger partial charge is 0.394 e. The lowest BCUT2D eigenvalue weighted by atomic mass is 10.1. The van der Waals surface area contributed by atoms with E-state index in [-0.39, 0.29) is 36.1 Å². The number of nitrogens with zero attached hydrogens (tertiary/aromatic N) is 2. The van der Waals surface area contributed by atoms with Crippen LogP contribution in [-0.2, 0) is 0 Å². The lowest BCUT2D eigenvalue weighted by molar-refractivity contribution is -0.384. The van der Waals surface area contributed by atoms with Crippen LogP contribution in [-0.4, -0.2) is 59.3 Å². The summed E-state index contributed by atoms with van der Waals surface area (Å²) in [5.74, 6) is -0.299. The van der Waals surface area contributed by atoms with Crippen molar-refractivity contribution < 1.29 is 19.9 Å². The molecule has 20 heavy (non-hydrogen) atoms. The normalized spacial score (nSPS) is 10.4. The number of hydrogen-bond acceptors (Lipinski definition) is 6. The van der Waals surface area contributed by atoms with Gasteiger partial charge in [-0.1, -0.05) is 0 Å². The molecule has 0 radical (unpaired) electrons. The molecule has 3 N–H and O–H groups in total. The van der Waals surface area contributed by atoms with Gasteiger partial charge in [0.2, 0.25) is 0 Å². The van der Waals surface area contributed by atoms with Crippen LogP contribution in [0.1, 0.15) is 10.4 Å². The first-order valence-corrected chi connectivity index (χ1v) is 5.89. The summed E-state index contributed by atoms with van der Waals surface area (Å²) in [6.07, 6.45) is 0. The van der Waals surface area contributed by atoms with Gasteiger partial charge in [-0.3, -0.25) is 14.9 Å². The van der Waals surface area contributed by atoms with Gasteiger partial charge in [0, 0.05) is 25.7 Å². The molecule has 1 amide bonds.